The molecule has 0 aliphatic heterocycles. The van der Waals surface area contributed by atoms with Crippen molar-refractivity contribution in [3.63, 3.8) is 0 Å². The SMILES string of the molecule is C[C@@H]1C=CCC=C[C@@H]1C. The highest BCUT2D eigenvalue weighted by Crippen LogP contribution is 2.16. The molecule has 0 saturated heterocycles. The van der Waals surface area contributed by atoms with Crippen molar-refractivity contribution in [3.8, 4) is 0 Å². The van der Waals surface area contributed by atoms with Crippen molar-refractivity contribution in [3.05, 3.63) is 24.3 Å². The summed E-state index contributed by atoms with van der Waals surface area (Å²) in [4.78, 5) is 0. The number of hydrogen-bond acceptors (Lipinski definition) is 0. The van der Waals surface area contributed by atoms with Crippen molar-refractivity contribution < 1.29 is 0 Å². The largest absolute Gasteiger partial charge is 0.0848 e. The molecule has 1 rings (SSSR count). The second-order valence-corrected chi connectivity index (χ2v) is 2.81. The van der Waals surface area contributed by atoms with Crippen molar-refractivity contribution in [1.29, 1.82) is 0 Å². The number of rotatable bonds is 0. The van der Waals surface area contributed by atoms with Crippen LogP contribution in [0, 0.1) is 11.8 Å². The average molecular weight is 122 g/mol. The first-order valence-corrected chi connectivity index (χ1v) is 3.64. The zero-order chi connectivity index (χ0) is 6.69. The summed E-state index contributed by atoms with van der Waals surface area (Å²) in [5.41, 5.74) is 0. The van der Waals surface area contributed by atoms with E-state index >= 15 is 0 Å². The Bertz CT molecular complexity index is 115. The number of allylic oxidation sites excluding steroid dienone is 4. The molecule has 0 nitrogen and oxygen atoms in total. The summed E-state index contributed by atoms with van der Waals surface area (Å²) in [6, 6.07) is 0. The van der Waals surface area contributed by atoms with Crippen molar-refractivity contribution in [2.24, 2.45) is 11.8 Å². The van der Waals surface area contributed by atoms with E-state index in [1.165, 1.54) is 0 Å². The Morgan fingerprint density at radius 1 is 1.00 bits per heavy atom. The minimum absolute atomic E-state index is 0.726. The molecule has 0 heteroatoms. The zero-order valence-corrected chi connectivity index (χ0v) is 6.17. The van der Waals surface area contributed by atoms with Crippen molar-refractivity contribution in [2.45, 2.75) is 20.3 Å². The highest BCUT2D eigenvalue weighted by molar-refractivity contribution is 5.04. The summed E-state index contributed by atoms with van der Waals surface area (Å²) in [5.74, 6) is 1.45. The lowest BCUT2D eigenvalue weighted by Crippen LogP contribution is -1.99. The van der Waals surface area contributed by atoms with E-state index in [0.717, 1.165) is 18.3 Å². The molecule has 50 valence electrons. The lowest BCUT2D eigenvalue weighted by Gasteiger charge is -2.08. The van der Waals surface area contributed by atoms with E-state index in [-0.39, 0.29) is 0 Å². The van der Waals surface area contributed by atoms with E-state index in [4.69, 9.17) is 0 Å². The Morgan fingerprint density at radius 3 is 1.89 bits per heavy atom. The summed E-state index contributed by atoms with van der Waals surface area (Å²) in [7, 11) is 0. The maximum Gasteiger partial charge on any atom is -0.0169 e. The summed E-state index contributed by atoms with van der Waals surface area (Å²) in [5, 5.41) is 0. The fourth-order valence-corrected chi connectivity index (χ4v) is 1.02. The molecule has 2 atom stereocenters. The van der Waals surface area contributed by atoms with Crippen LogP contribution in [0.25, 0.3) is 0 Å². The van der Waals surface area contributed by atoms with Gasteiger partial charge in [-0.1, -0.05) is 38.2 Å². The van der Waals surface area contributed by atoms with Gasteiger partial charge in [-0.05, 0) is 18.3 Å². The van der Waals surface area contributed by atoms with Crippen LogP contribution < -0.4 is 0 Å². The van der Waals surface area contributed by atoms with Crippen molar-refractivity contribution in [2.75, 3.05) is 0 Å². The van der Waals surface area contributed by atoms with Crippen LogP contribution in [0.5, 0.6) is 0 Å². The summed E-state index contributed by atoms with van der Waals surface area (Å²) in [6.07, 6.45) is 10.2. The van der Waals surface area contributed by atoms with Gasteiger partial charge in [-0.15, -0.1) is 0 Å². The molecule has 1 aliphatic rings. The van der Waals surface area contributed by atoms with Crippen molar-refractivity contribution in [1.82, 2.24) is 0 Å². The Balaban J connectivity index is 2.61. The molecule has 9 heavy (non-hydrogen) atoms. The molecule has 0 fully saturated rings. The Morgan fingerprint density at radius 2 is 1.44 bits per heavy atom. The Hall–Kier alpha value is -0.520. The van der Waals surface area contributed by atoms with Gasteiger partial charge in [0, 0.05) is 0 Å². The molecule has 0 aromatic carbocycles. The quantitative estimate of drug-likeness (QED) is 0.433. The second-order valence-electron chi connectivity index (χ2n) is 2.81. The molecular weight excluding hydrogens is 108 g/mol. The molecule has 0 spiro atoms. The molecule has 1 aliphatic carbocycles. The molecule has 0 saturated carbocycles. The fraction of sp³-hybridized carbons (Fsp3) is 0.556. The molecule has 0 bridgehead atoms. The van der Waals surface area contributed by atoms with Crippen LogP contribution in [0.3, 0.4) is 0 Å². The van der Waals surface area contributed by atoms with Crippen LogP contribution in [-0.4, -0.2) is 0 Å². The van der Waals surface area contributed by atoms with Gasteiger partial charge >= 0.3 is 0 Å². The number of hydrogen-bond donors (Lipinski definition) is 0. The van der Waals surface area contributed by atoms with Gasteiger partial charge in [0.05, 0.1) is 0 Å². The van der Waals surface area contributed by atoms with Gasteiger partial charge in [-0.3, -0.25) is 0 Å². The third-order valence-electron chi connectivity index (χ3n) is 1.98. The van der Waals surface area contributed by atoms with Gasteiger partial charge < -0.3 is 0 Å². The predicted molar refractivity (Wildman–Crippen MR) is 41.2 cm³/mol. The van der Waals surface area contributed by atoms with E-state index in [9.17, 15) is 0 Å². The first-order chi connectivity index (χ1) is 4.30. The third-order valence-corrected chi connectivity index (χ3v) is 1.98. The van der Waals surface area contributed by atoms with Crippen LogP contribution in [0.15, 0.2) is 24.3 Å². The molecule has 0 N–H and O–H groups in total. The van der Waals surface area contributed by atoms with Gasteiger partial charge in [-0.25, -0.2) is 0 Å². The van der Waals surface area contributed by atoms with E-state index in [1.54, 1.807) is 0 Å². The minimum atomic E-state index is 0.726. The molecular formula is C9H14. The Labute approximate surface area is 57.3 Å². The van der Waals surface area contributed by atoms with Crippen LogP contribution >= 0.6 is 0 Å². The smallest absolute Gasteiger partial charge is 0.0169 e. The topological polar surface area (TPSA) is 0 Å². The summed E-state index contributed by atoms with van der Waals surface area (Å²) in [6.45, 7) is 4.52. The van der Waals surface area contributed by atoms with Gasteiger partial charge in [0.2, 0.25) is 0 Å². The first kappa shape index (κ1) is 6.60. The predicted octanol–water partition coefficient (Wildman–Crippen LogP) is 2.77. The molecule has 0 amide bonds. The maximum absolute atomic E-state index is 2.30. The molecule has 0 aromatic heterocycles. The second kappa shape index (κ2) is 2.86. The molecule has 0 radical (unpaired) electrons. The fourth-order valence-electron chi connectivity index (χ4n) is 1.02. The normalized spacial score (nSPS) is 34.4. The molecule has 0 heterocycles. The lowest BCUT2D eigenvalue weighted by atomic mass is 9.97. The third kappa shape index (κ3) is 1.70. The van der Waals surface area contributed by atoms with Gasteiger partial charge in [0.25, 0.3) is 0 Å². The summed E-state index contributed by atoms with van der Waals surface area (Å²) >= 11 is 0. The van der Waals surface area contributed by atoms with E-state index < -0.39 is 0 Å². The molecule has 0 aromatic rings. The maximum atomic E-state index is 2.30. The summed E-state index contributed by atoms with van der Waals surface area (Å²) < 4.78 is 0. The highest BCUT2D eigenvalue weighted by Gasteiger charge is 2.05. The monoisotopic (exact) mass is 122 g/mol. The van der Waals surface area contributed by atoms with E-state index in [0.29, 0.717) is 0 Å². The lowest BCUT2D eigenvalue weighted by molar-refractivity contribution is 0.560. The Kier molecular flexibility index (Phi) is 2.10. The average Bonchev–Trinajstić information content (AvgIpc) is 1.99. The van der Waals surface area contributed by atoms with Gasteiger partial charge in [-0.2, -0.15) is 0 Å². The van der Waals surface area contributed by atoms with Gasteiger partial charge in [0.15, 0.2) is 0 Å². The standard InChI is InChI=1S/C9H14/c1-8-6-4-3-5-7-9(8)2/h4-9H,3H2,1-2H3/t8-,9+. The van der Waals surface area contributed by atoms with Crippen LogP contribution in [-0.2, 0) is 0 Å². The van der Waals surface area contributed by atoms with Crippen LogP contribution in [0.1, 0.15) is 20.3 Å². The first-order valence-electron chi connectivity index (χ1n) is 3.64. The van der Waals surface area contributed by atoms with E-state index in [2.05, 4.69) is 38.2 Å². The van der Waals surface area contributed by atoms with Crippen molar-refractivity contribution >= 4 is 0 Å². The van der Waals surface area contributed by atoms with E-state index in [1.807, 2.05) is 0 Å². The minimum Gasteiger partial charge on any atom is -0.0848 e. The highest BCUT2D eigenvalue weighted by atomic mass is 14.1. The zero-order valence-electron chi connectivity index (χ0n) is 6.17. The van der Waals surface area contributed by atoms with Crippen LogP contribution in [0.4, 0.5) is 0 Å². The van der Waals surface area contributed by atoms with Gasteiger partial charge in [0.1, 0.15) is 0 Å². The molecule has 0 unspecified atom stereocenters. The van der Waals surface area contributed by atoms with Crippen LogP contribution in [0.2, 0.25) is 0 Å².